The number of rotatable bonds is 1. The van der Waals surface area contributed by atoms with Gasteiger partial charge in [0.15, 0.2) is 5.13 Å². The number of nitrogens with two attached hydrogens (primary N) is 1. The highest BCUT2D eigenvalue weighted by molar-refractivity contribution is 7.15. The van der Waals surface area contributed by atoms with Crippen LogP contribution in [0.4, 0.5) is 9.93 Å². The quantitative estimate of drug-likeness (QED) is 0.791. The number of hydrogen-bond acceptors (Lipinski definition) is 5. The summed E-state index contributed by atoms with van der Waals surface area (Å²) in [6, 6.07) is 0.219. The molecule has 1 aromatic heterocycles. The lowest BCUT2D eigenvalue weighted by Crippen LogP contribution is -2.50. The maximum absolute atomic E-state index is 12.1. The first-order valence-electron chi connectivity index (χ1n) is 6.59. The highest BCUT2D eigenvalue weighted by atomic mass is 32.1. The monoisotopic (exact) mass is 282 g/mol. The SMILES string of the molecule is Nc1nc2c(s1)CC(NC(=O)N1CCOCC1)CC2. The number of anilines is 1. The Bertz CT molecular complexity index is 470. The van der Waals surface area contributed by atoms with E-state index in [2.05, 4.69) is 10.3 Å². The fraction of sp³-hybridized carbons (Fsp3) is 0.667. The van der Waals surface area contributed by atoms with Gasteiger partial charge >= 0.3 is 6.03 Å². The Morgan fingerprint density at radius 2 is 2.26 bits per heavy atom. The maximum Gasteiger partial charge on any atom is 0.317 e. The molecule has 104 valence electrons. The van der Waals surface area contributed by atoms with E-state index in [9.17, 15) is 4.79 Å². The van der Waals surface area contributed by atoms with E-state index in [4.69, 9.17) is 10.5 Å². The van der Waals surface area contributed by atoms with E-state index in [1.807, 2.05) is 4.90 Å². The van der Waals surface area contributed by atoms with Crippen molar-refractivity contribution in [2.75, 3.05) is 32.0 Å². The summed E-state index contributed by atoms with van der Waals surface area (Å²) in [7, 11) is 0. The van der Waals surface area contributed by atoms with Crippen molar-refractivity contribution in [3.05, 3.63) is 10.6 Å². The van der Waals surface area contributed by atoms with Gasteiger partial charge in [0.2, 0.25) is 0 Å². The highest BCUT2D eigenvalue weighted by Gasteiger charge is 2.25. The number of nitrogens with one attached hydrogen (secondary N) is 1. The zero-order valence-electron chi connectivity index (χ0n) is 10.7. The predicted octanol–water partition coefficient (Wildman–Crippen LogP) is 0.624. The molecule has 1 unspecified atom stereocenters. The number of nitrogen functional groups attached to an aromatic ring is 1. The van der Waals surface area contributed by atoms with E-state index >= 15 is 0 Å². The molecular weight excluding hydrogens is 264 g/mol. The molecule has 0 radical (unpaired) electrons. The third-order valence-electron chi connectivity index (χ3n) is 3.58. The number of carbonyl (C=O) groups is 1. The molecule has 3 rings (SSSR count). The third-order valence-corrected chi connectivity index (χ3v) is 4.53. The zero-order valence-corrected chi connectivity index (χ0v) is 11.5. The molecule has 1 fully saturated rings. The first-order valence-corrected chi connectivity index (χ1v) is 7.41. The van der Waals surface area contributed by atoms with Gasteiger partial charge in [0.05, 0.1) is 18.9 Å². The number of aryl methyl sites for hydroxylation is 1. The molecule has 19 heavy (non-hydrogen) atoms. The molecule has 1 aliphatic carbocycles. The summed E-state index contributed by atoms with van der Waals surface area (Å²) in [6.45, 7) is 2.62. The van der Waals surface area contributed by atoms with Crippen LogP contribution in [0.2, 0.25) is 0 Å². The lowest BCUT2D eigenvalue weighted by Gasteiger charge is -2.30. The number of hydrogen-bond donors (Lipinski definition) is 2. The van der Waals surface area contributed by atoms with Crippen LogP contribution in [-0.2, 0) is 17.6 Å². The molecule has 0 aromatic carbocycles. The summed E-state index contributed by atoms with van der Waals surface area (Å²) in [5.41, 5.74) is 6.83. The van der Waals surface area contributed by atoms with Crippen molar-refractivity contribution in [3.8, 4) is 0 Å². The number of morpholine rings is 1. The van der Waals surface area contributed by atoms with Crippen LogP contribution in [0.3, 0.4) is 0 Å². The van der Waals surface area contributed by atoms with Crippen molar-refractivity contribution in [2.24, 2.45) is 0 Å². The molecule has 1 atom stereocenters. The lowest BCUT2D eigenvalue weighted by molar-refractivity contribution is 0.0524. The van der Waals surface area contributed by atoms with E-state index < -0.39 is 0 Å². The summed E-state index contributed by atoms with van der Waals surface area (Å²) in [5, 5.41) is 3.74. The Balaban J connectivity index is 1.57. The molecule has 2 aliphatic rings. The number of ether oxygens (including phenoxy) is 1. The van der Waals surface area contributed by atoms with Crippen molar-refractivity contribution in [2.45, 2.75) is 25.3 Å². The molecule has 0 spiro atoms. The molecule has 6 nitrogen and oxygen atoms in total. The average Bonchev–Trinajstić information content (AvgIpc) is 2.79. The van der Waals surface area contributed by atoms with Gasteiger partial charge in [0.1, 0.15) is 0 Å². The molecule has 3 N–H and O–H groups in total. The fourth-order valence-electron chi connectivity index (χ4n) is 2.55. The van der Waals surface area contributed by atoms with Crippen molar-refractivity contribution in [3.63, 3.8) is 0 Å². The minimum Gasteiger partial charge on any atom is -0.378 e. The Kier molecular flexibility index (Phi) is 3.56. The summed E-state index contributed by atoms with van der Waals surface area (Å²) >= 11 is 1.54. The van der Waals surface area contributed by atoms with E-state index in [1.54, 1.807) is 0 Å². The summed E-state index contributed by atoms with van der Waals surface area (Å²) in [6.07, 6.45) is 2.68. The van der Waals surface area contributed by atoms with Crippen LogP contribution in [0.15, 0.2) is 0 Å². The molecule has 0 saturated carbocycles. The average molecular weight is 282 g/mol. The minimum absolute atomic E-state index is 0.0224. The van der Waals surface area contributed by atoms with Gasteiger partial charge in [-0.2, -0.15) is 0 Å². The third kappa shape index (κ3) is 2.82. The number of nitrogens with zero attached hydrogens (tertiary/aromatic N) is 2. The Morgan fingerprint density at radius 3 is 3.05 bits per heavy atom. The van der Waals surface area contributed by atoms with Gasteiger partial charge in [-0.3, -0.25) is 0 Å². The van der Waals surface area contributed by atoms with Gasteiger partial charge in [0, 0.05) is 30.4 Å². The molecule has 0 bridgehead atoms. The Labute approximate surface area is 115 Å². The highest BCUT2D eigenvalue weighted by Crippen LogP contribution is 2.28. The van der Waals surface area contributed by atoms with Crippen LogP contribution in [-0.4, -0.2) is 48.3 Å². The van der Waals surface area contributed by atoms with E-state index in [0.29, 0.717) is 31.4 Å². The van der Waals surface area contributed by atoms with E-state index in [0.717, 1.165) is 25.0 Å². The largest absolute Gasteiger partial charge is 0.378 e. The van der Waals surface area contributed by atoms with Gasteiger partial charge in [0.25, 0.3) is 0 Å². The number of carbonyl (C=O) groups excluding carboxylic acids is 1. The second-order valence-electron chi connectivity index (χ2n) is 4.91. The second-order valence-corrected chi connectivity index (χ2v) is 6.03. The van der Waals surface area contributed by atoms with Crippen molar-refractivity contribution in [1.29, 1.82) is 0 Å². The van der Waals surface area contributed by atoms with Gasteiger partial charge in [-0.05, 0) is 12.8 Å². The normalized spacial score (nSPS) is 22.9. The topological polar surface area (TPSA) is 80.5 Å². The van der Waals surface area contributed by atoms with Crippen LogP contribution in [0.5, 0.6) is 0 Å². The first kappa shape index (κ1) is 12.7. The molecule has 2 amide bonds. The second kappa shape index (κ2) is 5.34. The zero-order chi connectivity index (χ0) is 13.2. The van der Waals surface area contributed by atoms with Crippen LogP contribution in [0.1, 0.15) is 17.0 Å². The number of thiazole rings is 1. The van der Waals surface area contributed by atoms with E-state index in [1.165, 1.54) is 16.2 Å². The molecule has 2 heterocycles. The molecule has 7 heteroatoms. The number of fused-ring (bicyclic) bond motifs is 1. The van der Waals surface area contributed by atoms with Crippen molar-refractivity contribution in [1.82, 2.24) is 15.2 Å². The smallest absolute Gasteiger partial charge is 0.317 e. The Morgan fingerprint density at radius 1 is 1.47 bits per heavy atom. The standard InChI is InChI=1S/C12H18N4O2S/c13-11-15-9-2-1-8(7-10(9)19-11)14-12(17)16-3-5-18-6-4-16/h8H,1-7H2,(H2,13,15)(H,14,17). The predicted molar refractivity (Wildman–Crippen MR) is 73.3 cm³/mol. The maximum atomic E-state index is 12.1. The molecular formula is C12H18N4O2S. The van der Waals surface area contributed by atoms with Crippen molar-refractivity contribution < 1.29 is 9.53 Å². The van der Waals surface area contributed by atoms with Gasteiger partial charge in [-0.1, -0.05) is 0 Å². The van der Waals surface area contributed by atoms with Gasteiger partial charge in [-0.15, -0.1) is 11.3 Å². The Hall–Kier alpha value is -1.34. The molecule has 1 aliphatic heterocycles. The van der Waals surface area contributed by atoms with Gasteiger partial charge in [-0.25, -0.2) is 9.78 Å². The number of aromatic nitrogens is 1. The van der Waals surface area contributed by atoms with Crippen LogP contribution >= 0.6 is 11.3 Å². The molecule has 1 saturated heterocycles. The van der Waals surface area contributed by atoms with Crippen molar-refractivity contribution >= 4 is 22.5 Å². The summed E-state index contributed by atoms with van der Waals surface area (Å²) < 4.78 is 5.25. The summed E-state index contributed by atoms with van der Waals surface area (Å²) in [5.74, 6) is 0. The fourth-order valence-corrected chi connectivity index (χ4v) is 3.51. The first-order chi connectivity index (χ1) is 9.22. The van der Waals surface area contributed by atoms with Crippen LogP contribution in [0.25, 0.3) is 0 Å². The van der Waals surface area contributed by atoms with E-state index in [-0.39, 0.29) is 12.1 Å². The number of amides is 2. The minimum atomic E-state index is 0.0224. The van der Waals surface area contributed by atoms with Gasteiger partial charge < -0.3 is 20.7 Å². The van der Waals surface area contributed by atoms with Crippen LogP contribution < -0.4 is 11.1 Å². The molecule has 1 aromatic rings. The summed E-state index contributed by atoms with van der Waals surface area (Å²) in [4.78, 5) is 19.5. The van der Waals surface area contributed by atoms with Crippen LogP contribution in [0, 0.1) is 0 Å². The lowest BCUT2D eigenvalue weighted by atomic mass is 9.98. The number of urea groups is 1.